The molecule has 0 bridgehead atoms. The van der Waals surface area contributed by atoms with Gasteiger partial charge in [-0.25, -0.2) is 0 Å². The Morgan fingerprint density at radius 3 is 2.71 bits per heavy atom. The van der Waals surface area contributed by atoms with Gasteiger partial charge in [0.05, 0.1) is 0 Å². The van der Waals surface area contributed by atoms with E-state index >= 15 is 0 Å². The van der Waals surface area contributed by atoms with E-state index in [9.17, 15) is 0 Å². The first-order chi connectivity index (χ1) is 6.90. The van der Waals surface area contributed by atoms with Crippen LogP contribution in [0.5, 0.6) is 0 Å². The summed E-state index contributed by atoms with van der Waals surface area (Å²) >= 11 is 0. The highest BCUT2D eigenvalue weighted by Crippen LogP contribution is 2.21. The highest BCUT2D eigenvalue weighted by atomic mass is 16.3. The Labute approximate surface area is 85.2 Å². The molecule has 1 heterocycles. The van der Waals surface area contributed by atoms with Gasteiger partial charge in [0, 0.05) is 31.5 Å². The minimum atomic E-state index is 0.340. The molecule has 2 heteroatoms. The van der Waals surface area contributed by atoms with Gasteiger partial charge in [0.1, 0.15) is 0 Å². The summed E-state index contributed by atoms with van der Waals surface area (Å²) in [5.41, 5.74) is 1.18. The Bertz CT molecular complexity index is 265. The molecule has 1 aromatic carbocycles. The first-order valence-corrected chi connectivity index (χ1v) is 5.22. The van der Waals surface area contributed by atoms with Gasteiger partial charge in [-0.2, -0.15) is 0 Å². The Morgan fingerprint density at radius 1 is 1.36 bits per heavy atom. The highest BCUT2D eigenvalue weighted by Gasteiger charge is 2.18. The third kappa shape index (κ3) is 2.07. The Morgan fingerprint density at radius 2 is 2.14 bits per heavy atom. The maximum absolute atomic E-state index is 9.02. The van der Waals surface area contributed by atoms with E-state index in [1.54, 1.807) is 0 Å². The summed E-state index contributed by atoms with van der Waals surface area (Å²) in [6, 6.07) is 11.3. The van der Waals surface area contributed by atoms with Crippen LogP contribution in [-0.2, 0) is 0 Å². The van der Waals surface area contributed by atoms with E-state index in [-0.39, 0.29) is 0 Å². The summed E-state index contributed by atoms with van der Waals surface area (Å²) in [5, 5.41) is 9.02. The first-order valence-electron chi connectivity index (χ1n) is 5.22. The van der Waals surface area contributed by atoms with Crippen molar-refractivity contribution in [2.45, 2.75) is 12.8 Å². The van der Waals surface area contributed by atoms with E-state index in [1.807, 2.05) is 18.2 Å². The fourth-order valence-corrected chi connectivity index (χ4v) is 1.94. The molecule has 0 aliphatic carbocycles. The van der Waals surface area contributed by atoms with Crippen molar-refractivity contribution in [2.75, 3.05) is 24.6 Å². The van der Waals surface area contributed by atoms with Gasteiger partial charge < -0.3 is 10.0 Å². The molecule has 1 N–H and O–H groups in total. The zero-order valence-electron chi connectivity index (χ0n) is 8.32. The number of rotatable bonds is 2. The molecule has 0 aromatic heterocycles. The van der Waals surface area contributed by atoms with Gasteiger partial charge in [-0.1, -0.05) is 18.2 Å². The second-order valence-corrected chi connectivity index (χ2v) is 3.86. The molecule has 0 unspecified atom stereocenters. The van der Waals surface area contributed by atoms with Crippen molar-refractivity contribution >= 4 is 5.69 Å². The van der Waals surface area contributed by atoms with Crippen molar-refractivity contribution in [3.63, 3.8) is 0 Å². The summed E-state index contributed by atoms with van der Waals surface area (Å²) in [7, 11) is 0. The normalized spacial score (nSPS) is 18.5. The van der Waals surface area contributed by atoms with Gasteiger partial charge in [-0.3, -0.25) is 0 Å². The van der Waals surface area contributed by atoms with Crippen molar-refractivity contribution in [3.05, 3.63) is 30.3 Å². The van der Waals surface area contributed by atoms with Crippen molar-refractivity contribution in [2.24, 2.45) is 5.92 Å². The number of para-hydroxylation sites is 1. The molecule has 75 valence electrons. The molecule has 1 aromatic rings. The molecule has 14 heavy (non-hydrogen) atoms. The lowest BCUT2D eigenvalue weighted by molar-refractivity contribution is 0.203. The molecule has 1 saturated heterocycles. The maximum atomic E-state index is 9.02. The van der Waals surface area contributed by atoms with Gasteiger partial charge in [-0.15, -0.1) is 0 Å². The van der Waals surface area contributed by atoms with Gasteiger partial charge in [-0.05, 0) is 24.8 Å². The van der Waals surface area contributed by atoms with Crippen LogP contribution in [0, 0.1) is 12.0 Å². The largest absolute Gasteiger partial charge is 0.396 e. The molecule has 1 radical (unpaired) electrons. The predicted octanol–water partition coefficient (Wildman–Crippen LogP) is 1.70. The van der Waals surface area contributed by atoms with Crippen LogP contribution in [0.15, 0.2) is 24.3 Å². The molecule has 0 spiro atoms. The van der Waals surface area contributed by atoms with Crippen molar-refractivity contribution in [1.29, 1.82) is 0 Å². The first kappa shape index (κ1) is 9.53. The fourth-order valence-electron chi connectivity index (χ4n) is 1.94. The quantitative estimate of drug-likeness (QED) is 0.767. The van der Waals surface area contributed by atoms with Gasteiger partial charge in [0.2, 0.25) is 0 Å². The molecule has 1 aliphatic rings. The third-order valence-corrected chi connectivity index (χ3v) is 2.91. The Hall–Kier alpha value is -1.02. The van der Waals surface area contributed by atoms with Gasteiger partial charge >= 0.3 is 0 Å². The minimum absolute atomic E-state index is 0.340. The van der Waals surface area contributed by atoms with Crippen molar-refractivity contribution in [1.82, 2.24) is 0 Å². The van der Waals surface area contributed by atoms with Crippen molar-refractivity contribution < 1.29 is 5.11 Å². The second-order valence-electron chi connectivity index (χ2n) is 3.86. The molecule has 0 saturated carbocycles. The van der Waals surface area contributed by atoms with Crippen LogP contribution < -0.4 is 4.90 Å². The highest BCUT2D eigenvalue weighted by molar-refractivity contribution is 5.44. The summed E-state index contributed by atoms with van der Waals surface area (Å²) < 4.78 is 0. The van der Waals surface area contributed by atoms with E-state index in [4.69, 9.17) is 5.11 Å². The molecular weight excluding hydrogens is 174 g/mol. The number of piperidine rings is 1. The van der Waals surface area contributed by atoms with Crippen LogP contribution in [0.4, 0.5) is 5.69 Å². The lowest BCUT2D eigenvalue weighted by Crippen LogP contribution is -2.34. The Balaban J connectivity index is 1.96. The summed E-state index contributed by atoms with van der Waals surface area (Å²) in [6.45, 7) is 2.43. The number of nitrogens with zero attached hydrogens (tertiary/aromatic N) is 1. The number of anilines is 1. The molecule has 1 fully saturated rings. The second kappa shape index (κ2) is 4.47. The summed E-state index contributed by atoms with van der Waals surface area (Å²) in [4.78, 5) is 2.34. The standard InChI is InChI=1S/C12H16NO/c14-10-11-6-8-13(9-7-11)12-4-2-1-3-5-12/h1-4,11,14H,6-10H2. The van der Waals surface area contributed by atoms with E-state index in [0.717, 1.165) is 25.9 Å². The third-order valence-electron chi connectivity index (χ3n) is 2.91. The van der Waals surface area contributed by atoms with Gasteiger partial charge in [0.15, 0.2) is 0 Å². The van der Waals surface area contributed by atoms with E-state index in [1.165, 1.54) is 5.69 Å². The SMILES string of the molecule is OCC1CCN(c2[c]cccc2)CC1. The number of hydrogen-bond acceptors (Lipinski definition) is 2. The minimum Gasteiger partial charge on any atom is -0.396 e. The maximum Gasteiger partial charge on any atom is 0.0460 e. The smallest absolute Gasteiger partial charge is 0.0460 e. The summed E-state index contributed by atoms with van der Waals surface area (Å²) in [6.07, 6.45) is 2.19. The average Bonchev–Trinajstić information content (AvgIpc) is 2.30. The average molecular weight is 190 g/mol. The van der Waals surface area contributed by atoms with Crippen LogP contribution in [-0.4, -0.2) is 24.8 Å². The van der Waals surface area contributed by atoms with Crippen LogP contribution in [0.1, 0.15) is 12.8 Å². The fraction of sp³-hybridized carbons (Fsp3) is 0.500. The zero-order valence-corrected chi connectivity index (χ0v) is 8.32. The summed E-state index contributed by atoms with van der Waals surface area (Å²) in [5.74, 6) is 0.509. The molecular formula is C12H16NO. The lowest BCUT2D eigenvalue weighted by Gasteiger charge is -2.32. The van der Waals surface area contributed by atoms with Crippen LogP contribution in [0.2, 0.25) is 0 Å². The van der Waals surface area contributed by atoms with Crippen LogP contribution >= 0.6 is 0 Å². The molecule has 0 amide bonds. The van der Waals surface area contributed by atoms with Crippen LogP contribution in [0.3, 0.4) is 0 Å². The van der Waals surface area contributed by atoms with E-state index < -0.39 is 0 Å². The lowest BCUT2D eigenvalue weighted by atomic mass is 9.97. The molecule has 2 nitrogen and oxygen atoms in total. The van der Waals surface area contributed by atoms with Gasteiger partial charge in [0.25, 0.3) is 0 Å². The molecule has 1 aliphatic heterocycles. The molecule has 0 atom stereocenters. The number of aliphatic hydroxyl groups excluding tert-OH is 1. The van der Waals surface area contributed by atoms with Crippen LogP contribution in [0.25, 0.3) is 0 Å². The van der Waals surface area contributed by atoms with E-state index in [2.05, 4.69) is 17.0 Å². The number of benzene rings is 1. The topological polar surface area (TPSA) is 23.5 Å². The predicted molar refractivity (Wildman–Crippen MR) is 57.3 cm³/mol. The number of aliphatic hydroxyl groups is 1. The van der Waals surface area contributed by atoms with Crippen molar-refractivity contribution in [3.8, 4) is 0 Å². The Kier molecular flexibility index (Phi) is 3.04. The zero-order chi connectivity index (χ0) is 9.80. The molecule has 2 rings (SSSR count). The monoisotopic (exact) mass is 190 g/mol. The number of hydrogen-bond donors (Lipinski definition) is 1. The van der Waals surface area contributed by atoms with E-state index in [0.29, 0.717) is 12.5 Å².